The molecule has 0 radical (unpaired) electrons. The highest BCUT2D eigenvalue weighted by molar-refractivity contribution is 5.69. The molecule has 0 spiro atoms. The quantitative estimate of drug-likeness (QED) is 0.430. The highest BCUT2D eigenvalue weighted by Crippen LogP contribution is 2.38. The van der Waals surface area contributed by atoms with Crippen LogP contribution in [0.2, 0.25) is 0 Å². The second-order valence-corrected chi connectivity index (χ2v) is 11.3. The summed E-state index contributed by atoms with van der Waals surface area (Å²) in [4.78, 5) is 12.2. The largest absolute Gasteiger partial charge is 0.365 e. The number of hydrogen-bond donors (Lipinski definition) is 0. The van der Waals surface area contributed by atoms with Crippen molar-refractivity contribution in [1.29, 1.82) is 0 Å². The minimum Gasteiger partial charge on any atom is -0.365 e. The van der Waals surface area contributed by atoms with Crippen LogP contribution in [0.4, 0.5) is 10.1 Å². The van der Waals surface area contributed by atoms with Crippen molar-refractivity contribution in [3.8, 4) is 0 Å². The number of piperidine rings is 1. The average Bonchev–Trinajstić information content (AvgIpc) is 3.53. The summed E-state index contributed by atoms with van der Waals surface area (Å²) in [6, 6.07) is 9.37. The summed E-state index contributed by atoms with van der Waals surface area (Å²) < 4.78 is 15.3. The van der Waals surface area contributed by atoms with E-state index in [2.05, 4.69) is 71.2 Å². The summed E-state index contributed by atoms with van der Waals surface area (Å²) in [6.07, 6.45) is 15.8. The van der Waals surface area contributed by atoms with Crippen LogP contribution in [0.15, 0.2) is 53.2 Å². The molecule has 3 saturated heterocycles. The maximum atomic E-state index is 15.3. The molecule has 3 aliphatic heterocycles. The van der Waals surface area contributed by atoms with Crippen molar-refractivity contribution in [2.45, 2.75) is 83.1 Å². The second-order valence-electron chi connectivity index (χ2n) is 11.3. The zero-order valence-electron chi connectivity index (χ0n) is 21.7. The fourth-order valence-electron chi connectivity index (χ4n) is 6.47. The number of allylic oxidation sites excluding steroid dienone is 1. The normalized spacial score (nSPS) is 30.6. The molecule has 1 aromatic rings. The predicted octanol–water partition coefficient (Wildman–Crippen LogP) is 6.29. The van der Waals surface area contributed by atoms with E-state index in [1.807, 2.05) is 6.08 Å². The molecule has 0 N–H and O–H groups in total. The Morgan fingerprint density at radius 3 is 2.66 bits per heavy atom. The Labute approximate surface area is 211 Å². The minimum absolute atomic E-state index is 0.0939. The van der Waals surface area contributed by atoms with E-state index in [-0.39, 0.29) is 6.04 Å². The van der Waals surface area contributed by atoms with Crippen LogP contribution in [0.1, 0.15) is 70.4 Å². The van der Waals surface area contributed by atoms with Gasteiger partial charge in [-0.3, -0.25) is 14.8 Å². The van der Waals surface area contributed by atoms with Gasteiger partial charge < -0.3 is 4.90 Å². The van der Waals surface area contributed by atoms with Crippen LogP contribution >= 0.6 is 0 Å². The van der Waals surface area contributed by atoms with Gasteiger partial charge in [-0.1, -0.05) is 38.5 Å². The first-order chi connectivity index (χ1) is 17.1. The van der Waals surface area contributed by atoms with Crippen LogP contribution in [-0.4, -0.2) is 71.9 Å². The lowest BCUT2D eigenvalue weighted by Gasteiger charge is -2.37. The van der Waals surface area contributed by atoms with Crippen LogP contribution in [0.3, 0.4) is 0 Å². The molecule has 4 atom stereocenters. The van der Waals surface area contributed by atoms with Crippen molar-refractivity contribution in [1.82, 2.24) is 14.7 Å². The number of hydrogen-bond acceptors (Lipinski definition) is 4. The number of rotatable bonds is 7. The SMILES string of the molecule is CC(C)CN1CCCC1C=Nc1cccc(C2CCCN2C2=CC(F)C(N3CCCCC3)C=C2)c1. The molecular formula is C30H43FN4. The molecule has 1 aliphatic carbocycles. The van der Waals surface area contributed by atoms with Gasteiger partial charge in [0, 0.05) is 31.0 Å². The number of likely N-dealkylation sites (tertiary alicyclic amines) is 3. The molecule has 0 bridgehead atoms. The Hall–Kier alpha value is -1.98. The summed E-state index contributed by atoms with van der Waals surface area (Å²) in [5.74, 6) is 0.683. The Bertz CT molecular complexity index is 932. The molecule has 35 heavy (non-hydrogen) atoms. The van der Waals surface area contributed by atoms with Gasteiger partial charge in [0.05, 0.1) is 17.8 Å². The van der Waals surface area contributed by atoms with E-state index in [0.29, 0.717) is 18.0 Å². The Morgan fingerprint density at radius 1 is 1.03 bits per heavy atom. The maximum Gasteiger partial charge on any atom is 0.140 e. The van der Waals surface area contributed by atoms with E-state index in [9.17, 15) is 0 Å². The van der Waals surface area contributed by atoms with E-state index in [0.717, 1.165) is 50.4 Å². The molecule has 5 rings (SSSR count). The first-order valence-corrected chi connectivity index (χ1v) is 14.0. The van der Waals surface area contributed by atoms with Crippen LogP contribution in [-0.2, 0) is 0 Å². The highest BCUT2D eigenvalue weighted by atomic mass is 19.1. The number of halogens is 1. The van der Waals surface area contributed by atoms with Crippen molar-refractivity contribution in [3.05, 3.63) is 53.8 Å². The topological polar surface area (TPSA) is 22.1 Å². The van der Waals surface area contributed by atoms with Crippen molar-refractivity contribution >= 4 is 11.9 Å². The van der Waals surface area contributed by atoms with Gasteiger partial charge in [-0.15, -0.1) is 0 Å². The van der Waals surface area contributed by atoms with E-state index in [1.165, 1.54) is 44.2 Å². The Kier molecular flexibility index (Phi) is 8.04. The molecular weight excluding hydrogens is 435 g/mol. The lowest BCUT2D eigenvalue weighted by molar-refractivity contribution is 0.137. The third-order valence-corrected chi connectivity index (χ3v) is 8.18. The first kappa shape index (κ1) is 24.7. The van der Waals surface area contributed by atoms with Gasteiger partial charge in [0.2, 0.25) is 0 Å². The average molecular weight is 479 g/mol. The van der Waals surface area contributed by atoms with Crippen molar-refractivity contribution in [3.63, 3.8) is 0 Å². The van der Waals surface area contributed by atoms with Gasteiger partial charge in [0.1, 0.15) is 6.17 Å². The summed E-state index contributed by atoms with van der Waals surface area (Å²) in [5.41, 5.74) is 3.38. The summed E-state index contributed by atoms with van der Waals surface area (Å²) in [6.45, 7) is 9.94. The Balaban J connectivity index is 1.26. The fourth-order valence-corrected chi connectivity index (χ4v) is 6.47. The molecule has 4 unspecified atom stereocenters. The molecule has 4 aliphatic rings. The molecule has 5 heteroatoms. The molecule has 0 aromatic heterocycles. The van der Waals surface area contributed by atoms with Crippen molar-refractivity contribution < 1.29 is 4.39 Å². The van der Waals surface area contributed by atoms with Crippen LogP contribution in [0, 0.1) is 5.92 Å². The molecule has 1 aromatic carbocycles. The Morgan fingerprint density at radius 2 is 1.86 bits per heavy atom. The standard InChI is InChI=1S/C30H43FN4/c1-23(2)22-34-17-7-11-27(34)21-32-25-10-6-9-24(19-25)29-12-8-18-35(29)26-13-14-30(28(31)20-26)33-15-4-3-5-16-33/h6,9-10,13-14,19-21,23,27-30H,3-5,7-8,11-12,15-18,22H2,1-2H3. The number of aliphatic imine (C=N–C) groups is 1. The molecule has 3 heterocycles. The van der Waals surface area contributed by atoms with Gasteiger partial charge in [0.25, 0.3) is 0 Å². The van der Waals surface area contributed by atoms with Crippen LogP contribution in [0.5, 0.6) is 0 Å². The summed E-state index contributed by atoms with van der Waals surface area (Å²) >= 11 is 0. The third kappa shape index (κ3) is 5.89. The van der Waals surface area contributed by atoms with E-state index in [4.69, 9.17) is 4.99 Å². The maximum absolute atomic E-state index is 15.3. The highest BCUT2D eigenvalue weighted by Gasteiger charge is 2.32. The monoisotopic (exact) mass is 478 g/mol. The number of alkyl halides is 1. The molecule has 0 amide bonds. The van der Waals surface area contributed by atoms with E-state index >= 15 is 4.39 Å². The summed E-state index contributed by atoms with van der Waals surface area (Å²) in [5, 5.41) is 0. The van der Waals surface area contributed by atoms with Crippen molar-refractivity contribution in [2.75, 3.05) is 32.7 Å². The number of benzene rings is 1. The molecule has 190 valence electrons. The summed E-state index contributed by atoms with van der Waals surface area (Å²) in [7, 11) is 0. The molecule has 4 nitrogen and oxygen atoms in total. The molecule has 0 saturated carbocycles. The van der Waals surface area contributed by atoms with Gasteiger partial charge in [-0.05, 0) is 93.9 Å². The molecule has 3 fully saturated rings. The van der Waals surface area contributed by atoms with Crippen LogP contribution < -0.4 is 0 Å². The van der Waals surface area contributed by atoms with Crippen LogP contribution in [0.25, 0.3) is 0 Å². The predicted molar refractivity (Wildman–Crippen MR) is 144 cm³/mol. The lowest BCUT2D eigenvalue weighted by Crippen LogP contribution is -2.44. The van der Waals surface area contributed by atoms with Gasteiger partial charge in [-0.25, -0.2) is 4.39 Å². The van der Waals surface area contributed by atoms with E-state index in [1.54, 1.807) is 0 Å². The van der Waals surface area contributed by atoms with Crippen molar-refractivity contribution in [2.24, 2.45) is 10.9 Å². The smallest absolute Gasteiger partial charge is 0.140 e. The third-order valence-electron chi connectivity index (χ3n) is 8.18. The van der Waals surface area contributed by atoms with E-state index < -0.39 is 6.17 Å². The fraction of sp³-hybridized carbons (Fsp3) is 0.633. The second kappa shape index (κ2) is 11.4. The zero-order valence-corrected chi connectivity index (χ0v) is 21.7. The minimum atomic E-state index is -0.925. The first-order valence-electron chi connectivity index (χ1n) is 14.0. The zero-order chi connectivity index (χ0) is 24.2. The van der Waals surface area contributed by atoms with Gasteiger partial charge in [-0.2, -0.15) is 0 Å². The van der Waals surface area contributed by atoms with Gasteiger partial charge in [0.15, 0.2) is 0 Å². The lowest BCUT2D eigenvalue weighted by atomic mass is 9.98. The van der Waals surface area contributed by atoms with Gasteiger partial charge >= 0.3 is 0 Å². The number of nitrogens with zero attached hydrogens (tertiary/aromatic N) is 4.